The summed E-state index contributed by atoms with van der Waals surface area (Å²) < 4.78 is 0. The Labute approximate surface area is 85.0 Å². The van der Waals surface area contributed by atoms with E-state index >= 15 is 0 Å². The summed E-state index contributed by atoms with van der Waals surface area (Å²) in [6.45, 7) is 2.57. The van der Waals surface area contributed by atoms with E-state index in [2.05, 4.69) is 5.92 Å². The van der Waals surface area contributed by atoms with Gasteiger partial charge in [0, 0.05) is 0 Å². The normalized spacial score (nSPS) is 14.4. The predicted octanol–water partition coefficient (Wildman–Crippen LogP) is 0.305. The summed E-state index contributed by atoms with van der Waals surface area (Å²) in [5, 5.41) is 11.9. The average molecular weight is 190 g/mol. The van der Waals surface area contributed by atoms with Gasteiger partial charge in [-0.05, 0) is 18.4 Å². The first kappa shape index (κ1) is 10.8. The van der Waals surface area contributed by atoms with Crippen LogP contribution in [0.4, 0.5) is 0 Å². The van der Waals surface area contributed by atoms with Crippen LogP contribution in [0.25, 0.3) is 0 Å². The highest BCUT2D eigenvalue weighted by molar-refractivity contribution is 5.17. The highest BCUT2D eigenvalue weighted by atomic mass is 16.3. The van der Waals surface area contributed by atoms with Crippen LogP contribution in [0.1, 0.15) is 18.6 Å². The summed E-state index contributed by atoms with van der Waals surface area (Å²) >= 11 is 0. The summed E-state index contributed by atoms with van der Waals surface area (Å²) in [6, 6.07) is 9.72. The number of aliphatic hydroxyl groups is 1. The molecule has 0 saturated heterocycles. The minimum Gasteiger partial charge on any atom is -0.382 e. The number of benzene rings is 1. The monoisotopic (exact) mass is 190 g/mol. The molecule has 0 heterocycles. The molecule has 0 fully saturated rings. The topological polar surface area (TPSA) is 36.8 Å². The molecule has 2 atom stereocenters. The van der Waals surface area contributed by atoms with Gasteiger partial charge in [0.15, 0.2) is 0 Å². The highest BCUT2D eigenvalue weighted by Crippen LogP contribution is 2.13. The van der Waals surface area contributed by atoms with Gasteiger partial charge in [0.1, 0.15) is 18.7 Å². The van der Waals surface area contributed by atoms with E-state index in [1.807, 2.05) is 42.6 Å². The van der Waals surface area contributed by atoms with Gasteiger partial charge in [0.05, 0.1) is 0 Å². The molecule has 2 heteroatoms. The van der Waals surface area contributed by atoms with E-state index in [0.29, 0.717) is 6.54 Å². The van der Waals surface area contributed by atoms with Crippen LogP contribution >= 0.6 is 0 Å². The van der Waals surface area contributed by atoms with E-state index in [4.69, 9.17) is 6.42 Å². The fourth-order valence-corrected chi connectivity index (χ4v) is 1.34. The zero-order valence-corrected chi connectivity index (χ0v) is 8.35. The first-order chi connectivity index (χ1) is 6.75. The van der Waals surface area contributed by atoms with E-state index in [1.165, 1.54) is 0 Å². The summed E-state index contributed by atoms with van der Waals surface area (Å²) in [7, 11) is 0. The molecule has 0 bridgehead atoms. The van der Waals surface area contributed by atoms with Crippen molar-refractivity contribution >= 4 is 0 Å². The lowest BCUT2D eigenvalue weighted by atomic mass is 10.0. The van der Waals surface area contributed by atoms with Crippen molar-refractivity contribution in [1.82, 2.24) is 0 Å². The van der Waals surface area contributed by atoms with E-state index in [1.54, 1.807) is 0 Å². The van der Waals surface area contributed by atoms with Crippen molar-refractivity contribution in [3.05, 3.63) is 35.9 Å². The molecular formula is C12H16NO+. The molecule has 1 aromatic carbocycles. The fourth-order valence-electron chi connectivity index (χ4n) is 1.34. The van der Waals surface area contributed by atoms with Gasteiger partial charge < -0.3 is 10.4 Å². The van der Waals surface area contributed by atoms with Gasteiger partial charge in [0.2, 0.25) is 0 Å². The third-order valence-corrected chi connectivity index (χ3v) is 2.25. The molecule has 0 aliphatic rings. The van der Waals surface area contributed by atoms with Gasteiger partial charge in [-0.3, -0.25) is 0 Å². The number of hydrogen-bond donors (Lipinski definition) is 2. The van der Waals surface area contributed by atoms with Crippen LogP contribution in [0.5, 0.6) is 0 Å². The first-order valence-electron chi connectivity index (χ1n) is 4.75. The molecule has 0 unspecified atom stereocenters. The van der Waals surface area contributed by atoms with Gasteiger partial charge in [-0.25, -0.2) is 0 Å². The van der Waals surface area contributed by atoms with E-state index in [0.717, 1.165) is 5.56 Å². The number of rotatable bonds is 4. The highest BCUT2D eigenvalue weighted by Gasteiger charge is 2.17. The summed E-state index contributed by atoms with van der Waals surface area (Å²) in [5.74, 6) is 2.54. The predicted molar refractivity (Wildman–Crippen MR) is 56.5 cm³/mol. The number of terminal acetylenes is 1. The summed E-state index contributed by atoms with van der Waals surface area (Å²) in [6.07, 6.45) is 4.70. The lowest BCUT2D eigenvalue weighted by molar-refractivity contribution is -0.684. The third kappa shape index (κ3) is 2.88. The van der Waals surface area contributed by atoms with Crippen LogP contribution in [-0.2, 0) is 0 Å². The molecular weight excluding hydrogens is 174 g/mol. The van der Waals surface area contributed by atoms with Crippen molar-refractivity contribution in [1.29, 1.82) is 0 Å². The smallest absolute Gasteiger partial charge is 0.137 e. The number of nitrogens with two attached hydrogens (primary N) is 1. The minimum absolute atomic E-state index is 0.0912. The van der Waals surface area contributed by atoms with Crippen molar-refractivity contribution in [3.8, 4) is 12.3 Å². The van der Waals surface area contributed by atoms with E-state index in [9.17, 15) is 5.11 Å². The van der Waals surface area contributed by atoms with Gasteiger partial charge >= 0.3 is 0 Å². The Balaban J connectivity index is 2.57. The van der Waals surface area contributed by atoms with Gasteiger partial charge in [0.25, 0.3) is 0 Å². The maximum absolute atomic E-state index is 9.92. The second-order valence-corrected chi connectivity index (χ2v) is 3.36. The van der Waals surface area contributed by atoms with E-state index in [-0.39, 0.29) is 6.04 Å². The largest absolute Gasteiger partial charge is 0.382 e. The zero-order chi connectivity index (χ0) is 10.4. The second-order valence-electron chi connectivity index (χ2n) is 3.36. The number of aliphatic hydroxyl groups excluding tert-OH is 1. The maximum Gasteiger partial charge on any atom is 0.137 e. The van der Waals surface area contributed by atoms with Gasteiger partial charge in [-0.2, -0.15) is 0 Å². The van der Waals surface area contributed by atoms with Crippen molar-refractivity contribution in [2.45, 2.75) is 19.1 Å². The Morgan fingerprint density at radius 2 is 2.07 bits per heavy atom. The Morgan fingerprint density at radius 1 is 1.43 bits per heavy atom. The quantitative estimate of drug-likeness (QED) is 0.659. The van der Waals surface area contributed by atoms with Crippen LogP contribution in [0.15, 0.2) is 30.3 Å². The molecule has 0 spiro atoms. The number of quaternary nitrogens is 1. The lowest BCUT2D eigenvalue weighted by Crippen LogP contribution is -2.90. The van der Waals surface area contributed by atoms with Crippen LogP contribution < -0.4 is 5.32 Å². The lowest BCUT2D eigenvalue weighted by Gasteiger charge is -2.16. The molecule has 1 aromatic rings. The molecule has 0 saturated carbocycles. The first-order valence-corrected chi connectivity index (χ1v) is 4.75. The van der Waals surface area contributed by atoms with Crippen molar-refractivity contribution in [3.63, 3.8) is 0 Å². The summed E-state index contributed by atoms with van der Waals surface area (Å²) in [4.78, 5) is 0. The Bertz CT molecular complexity index is 302. The molecule has 1 rings (SSSR count). The van der Waals surface area contributed by atoms with Crippen molar-refractivity contribution < 1.29 is 10.4 Å². The zero-order valence-electron chi connectivity index (χ0n) is 8.35. The van der Waals surface area contributed by atoms with Crippen LogP contribution in [-0.4, -0.2) is 17.7 Å². The minimum atomic E-state index is -0.454. The average Bonchev–Trinajstić information content (AvgIpc) is 2.26. The molecule has 0 aromatic heterocycles. The molecule has 2 nitrogen and oxygen atoms in total. The standard InChI is InChI=1S/C12H15NO/c1-3-9-13-10(2)12(14)11-7-5-4-6-8-11/h1,4-8,10,12-14H,9H2,2H3/p+1/t10-,12-/m1/s1. The Morgan fingerprint density at radius 3 is 2.64 bits per heavy atom. The van der Waals surface area contributed by atoms with Gasteiger partial charge in [-0.1, -0.05) is 30.3 Å². The SMILES string of the molecule is C#CC[NH2+][C@H](C)[C@@H](O)c1ccccc1. The second kappa shape index (κ2) is 5.43. The van der Waals surface area contributed by atoms with Crippen LogP contribution in [0, 0.1) is 12.3 Å². The molecule has 0 aliphatic carbocycles. The maximum atomic E-state index is 9.92. The molecule has 3 N–H and O–H groups in total. The molecule has 0 amide bonds. The Kier molecular flexibility index (Phi) is 4.18. The fraction of sp³-hybridized carbons (Fsp3) is 0.333. The summed E-state index contributed by atoms with van der Waals surface area (Å²) in [5.41, 5.74) is 0.938. The molecule has 74 valence electrons. The van der Waals surface area contributed by atoms with Crippen LogP contribution in [0.3, 0.4) is 0 Å². The third-order valence-electron chi connectivity index (χ3n) is 2.25. The Hall–Kier alpha value is -1.30. The van der Waals surface area contributed by atoms with Crippen molar-refractivity contribution in [2.75, 3.05) is 6.54 Å². The number of hydrogen-bond acceptors (Lipinski definition) is 1. The molecule has 0 aliphatic heterocycles. The molecule has 0 radical (unpaired) electrons. The van der Waals surface area contributed by atoms with E-state index < -0.39 is 6.10 Å². The van der Waals surface area contributed by atoms with Crippen LogP contribution in [0.2, 0.25) is 0 Å². The van der Waals surface area contributed by atoms with Crippen molar-refractivity contribution in [2.24, 2.45) is 0 Å². The van der Waals surface area contributed by atoms with Gasteiger partial charge in [-0.15, -0.1) is 6.42 Å². The molecule has 14 heavy (non-hydrogen) atoms.